The van der Waals surface area contributed by atoms with Crippen LogP contribution in [0.4, 0.5) is 26.3 Å². The molecule has 1 aliphatic heterocycles. The van der Waals surface area contributed by atoms with Gasteiger partial charge in [-0.2, -0.15) is 26.3 Å². The molecular formula is C26H28F6N2O3. The highest BCUT2D eigenvalue weighted by Crippen LogP contribution is 2.51. The van der Waals surface area contributed by atoms with Gasteiger partial charge in [0.1, 0.15) is 0 Å². The molecule has 2 aromatic carbocycles. The molecule has 0 aromatic heterocycles. The molecule has 2 aliphatic rings. The van der Waals surface area contributed by atoms with Crippen molar-refractivity contribution in [2.24, 2.45) is 5.73 Å². The van der Waals surface area contributed by atoms with E-state index in [1.807, 2.05) is 30.3 Å². The number of alkyl halides is 6. The average molecular weight is 531 g/mol. The monoisotopic (exact) mass is 530 g/mol. The van der Waals surface area contributed by atoms with Crippen LogP contribution in [0.15, 0.2) is 48.5 Å². The minimum Gasteiger partial charge on any atom is -0.378 e. The van der Waals surface area contributed by atoms with E-state index in [0.717, 1.165) is 5.56 Å². The van der Waals surface area contributed by atoms with Crippen LogP contribution in [0, 0.1) is 0 Å². The Bertz CT molecular complexity index is 1080. The molecule has 1 heterocycles. The molecule has 4 rings (SSSR count). The van der Waals surface area contributed by atoms with Crippen LogP contribution in [0.1, 0.15) is 48.1 Å². The summed E-state index contributed by atoms with van der Waals surface area (Å²) in [6.45, 7) is 3.07. The summed E-state index contributed by atoms with van der Waals surface area (Å²) in [5, 5.41) is 0. The number of carbonyl (C=O) groups is 1. The van der Waals surface area contributed by atoms with Crippen LogP contribution in [0.5, 0.6) is 0 Å². The van der Waals surface area contributed by atoms with E-state index in [2.05, 4.69) is 0 Å². The fourth-order valence-corrected chi connectivity index (χ4v) is 5.16. The van der Waals surface area contributed by atoms with Gasteiger partial charge in [0.25, 0.3) is 0 Å². The number of carbonyl (C=O) groups excluding carboxylic acids is 1. The average Bonchev–Trinajstić information content (AvgIpc) is 2.85. The Morgan fingerprint density at radius 3 is 2.05 bits per heavy atom. The SMILES string of the molecule is C[C@@H](OCC1(c2ccccc2)CC(N)(C(=O)N2CCOCC2)C1)c1cc(C(F)(F)F)cc(C(F)(F)F)c1. The first kappa shape index (κ1) is 27.4. The second kappa shape index (κ2) is 9.92. The van der Waals surface area contributed by atoms with Crippen LogP contribution in [-0.4, -0.2) is 49.3 Å². The van der Waals surface area contributed by atoms with Gasteiger partial charge in [0.2, 0.25) is 5.91 Å². The number of amides is 1. The van der Waals surface area contributed by atoms with Crippen LogP contribution in [-0.2, 0) is 32.0 Å². The van der Waals surface area contributed by atoms with Crippen molar-refractivity contribution in [3.05, 3.63) is 70.8 Å². The molecule has 1 amide bonds. The summed E-state index contributed by atoms with van der Waals surface area (Å²) in [5.41, 5.74) is 2.43. The van der Waals surface area contributed by atoms with E-state index < -0.39 is 40.5 Å². The van der Waals surface area contributed by atoms with E-state index in [9.17, 15) is 31.1 Å². The Labute approximate surface area is 210 Å². The van der Waals surface area contributed by atoms with Crippen LogP contribution >= 0.6 is 0 Å². The van der Waals surface area contributed by atoms with Crippen molar-refractivity contribution in [2.45, 2.75) is 49.2 Å². The fourth-order valence-electron chi connectivity index (χ4n) is 5.16. The second-order valence-corrected chi connectivity index (χ2v) is 9.85. The first-order chi connectivity index (χ1) is 17.2. The molecule has 1 atom stereocenters. The lowest BCUT2D eigenvalue weighted by Crippen LogP contribution is -2.69. The number of rotatable bonds is 6. The molecule has 0 bridgehead atoms. The van der Waals surface area contributed by atoms with Crippen molar-refractivity contribution in [1.29, 1.82) is 0 Å². The molecule has 1 saturated heterocycles. The molecule has 37 heavy (non-hydrogen) atoms. The number of ether oxygens (including phenoxy) is 2. The molecule has 0 unspecified atom stereocenters. The number of hydrogen-bond donors (Lipinski definition) is 1. The first-order valence-electron chi connectivity index (χ1n) is 11.9. The van der Waals surface area contributed by atoms with Crippen molar-refractivity contribution < 1.29 is 40.6 Å². The zero-order valence-corrected chi connectivity index (χ0v) is 20.2. The summed E-state index contributed by atoms with van der Waals surface area (Å²) in [4.78, 5) is 14.8. The number of hydrogen-bond acceptors (Lipinski definition) is 4. The maximum atomic E-state index is 13.3. The molecule has 1 saturated carbocycles. The summed E-state index contributed by atoms with van der Waals surface area (Å²) in [6.07, 6.45) is -10.5. The zero-order chi connectivity index (χ0) is 27.1. The van der Waals surface area contributed by atoms with Gasteiger partial charge < -0.3 is 20.1 Å². The topological polar surface area (TPSA) is 64.8 Å². The summed E-state index contributed by atoms with van der Waals surface area (Å²) >= 11 is 0. The van der Waals surface area contributed by atoms with Gasteiger partial charge in [-0.25, -0.2) is 0 Å². The summed E-state index contributed by atoms with van der Waals surface area (Å²) in [5.74, 6) is -0.205. The van der Waals surface area contributed by atoms with Gasteiger partial charge in [0.05, 0.1) is 42.6 Å². The Balaban J connectivity index is 1.56. The highest BCUT2D eigenvalue weighted by atomic mass is 19.4. The Morgan fingerprint density at radius 1 is 1.00 bits per heavy atom. The predicted molar refractivity (Wildman–Crippen MR) is 122 cm³/mol. The van der Waals surface area contributed by atoms with Crippen LogP contribution in [0.3, 0.4) is 0 Å². The number of morpholine rings is 1. The highest BCUT2D eigenvalue weighted by Gasteiger charge is 2.58. The maximum absolute atomic E-state index is 13.3. The van der Waals surface area contributed by atoms with Crippen molar-refractivity contribution in [2.75, 3.05) is 32.9 Å². The van der Waals surface area contributed by atoms with Gasteiger partial charge >= 0.3 is 12.4 Å². The first-order valence-corrected chi connectivity index (χ1v) is 11.9. The van der Waals surface area contributed by atoms with Gasteiger partial charge in [0.15, 0.2) is 0 Å². The van der Waals surface area contributed by atoms with Gasteiger partial charge in [-0.1, -0.05) is 30.3 Å². The third-order valence-electron chi connectivity index (χ3n) is 7.11. The normalized spacial score (nSPS) is 25.5. The largest absolute Gasteiger partial charge is 0.416 e. The van der Waals surface area contributed by atoms with E-state index in [0.29, 0.717) is 38.4 Å². The molecule has 0 spiro atoms. The van der Waals surface area contributed by atoms with E-state index >= 15 is 0 Å². The lowest BCUT2D eigenvalue weighted by molar-refractivity contribution is -0.149. The van der Waals surface area contributed by atoms with Crippen molar-refractivity contribution >= 4 is 5.91 Å². The van der Waals surface area contributed by atoms with Crippen molar-refractivity contribution in [3.8, 4) is 0 Å². The number of nitrogens with zero attached hydrogens (tertiary/aromatic N) is 1. The molecule has 2 N–H and O–H groups in total. The molecule has 2 aromatic rings. The number of halogens is 6. The van der Waals surface area contributed by atoms with Crippen molar-refractivity contribution in [1.82, 2.24) is 4.90 Å². The minimum atomic E-state index is -4.95. The lowest BCUT2D eigenvalue weighted by atomic mass is 9.54. The lowest BCUT2D eigenvalue weighted by Gasteiger charge is -2.55. The molecular weight excluding hydrogens is 502 g/mol. The zero-order valence-electron chi connectivity index (χ0n) is 20.2. The van der Waals surface area contributed by atoms with E-state index in [1.165, 1.54) is 6.92 Å². The van der Waals surface area contributed by atoms with Gasteiger partial charge in [-0.15, -0.1) is 0 Å². The molecule has 11 heteroatoms. The molecule has 1 aliphatic carbocycles. The predicted octanol–water partition coefficient (Wildman–Crippen LogP) is 5.09. The Kier molecular flexibility index (Phi) is 7.35. The summed E-state index contributed by atoms with van der Waals surface area (Å²) in [7, 11) is 0. The third-order valence-corrected chi connectivity index (χ3v) is 7.11. The fraction of sp³-hybridized carbons (Fsp3) is 0.500. The van der Waals surface area contributed by atoms with Gasteiger partial charge in [-0.05, 0) is 49.1 Å². The maximum Gasteiger partial charge on any atom is 0.416 e. The molecule has 0 radical (unpaired) electrons. The Morgan fingerprint density at radius 2 is 1.54 bits per heavy atom. The van der Waals surface area contributed by atoms with E-state index in [-0.39, 0.29) is 37.0 Å². The van der Waals surface area contributed by atoms with E-state index in [1.54, 1.807) is 4.90 Å². The number of benzene rings is 2. The number of nitrogens with two attached hydrogens (primary N) is 1. The summed E-state index contributed by atoms with van der Waals surface area (Å²) < 4.78 is 91.1. The standard InChI is InChI=1S/C26H28F6N2O3/c1-17(18-11-20(25(27,28)29)13-21(12-18)26(30,31)32)37-16-23(19-5-3-2-4-6-19)14-24(33,15-23)22(35)34-7-9-36-10-8-34/h2-6,11-13,17H,7-10,14-16,33H2,1H3/t17-,23?,24?/m1/s1. The van der Waals surface area contributed by atoms with Gasteiger partial charge in [-0.3, -0.25) is 4.79 Å². The molecule has 202 valence electrons. The van der Waals surface area contributed by atoms with Gasteiger partial charge in [0, 0.05) is 18.5 Å². The second-order valence-electron chi connectivity index (χ2n) is 9.85. The highest BCUT2D eigenvalue weighted by molar-refractivity contribution is 5.88. The smallest absolute Gasteiger partial charge is 0.378 e. The van der Waals surface area contributed by atoms with E-state index in [4.69, 9.17) is 15.2 Å². The van der Waals surface area contributed by atoms with Crippen LogP contribution < -0.4 is 5.73 Å². The molecule has 5 nitrogen and oxygen atoms in total. The van der Waals surface area contributed by atoms with Crippen molar-refractivity contribution in [3.63, 3.8) is 0 Å². The summed E-state index contributed by atoms with van der Waals surface area (Å²) in [6, 6.07) is 10.6. The minimum absolute atomic E-state index is 0.0366. The van der Waals surface area contributed by atoms with Crippen LogP contribution in [0.2, 0.25) is 0 Å². The third kappa shape index (κ3) is 5.78. The van der Waals surface area contributed by atoms with Crippen LogP contribution in [0.25, 0.3) is 0 Å². The quantitative estimate of drug-likeness (QED) is 0.529. The Hall–Kier alpha value is -2.63. The molecule has 2 fully saturated rings.